The first-order valence-electron chi connectivity index (χ1n) is 9.41. The van der Waals surface area contributed by atoms with Crippen LogP contribution in [0.1, 0.15) is 5.76 Å². The Morgan fingerprint density at radius 3 is 2.58 bits per heavy atom. The molecule has 31 heavy (non-hydrogen) atoms. The molecule has 2 aromatic carbocycles. The number of thioether (sulfide) groups is 1. The molecule has 158 valence electrons. The summed E-state index contributed by atoms with van der Waals surface area (Å²) in [7, 11) is 0. The third-order valence-corrected chi connectivity index (χ3v) is 6.20. The quantitative estimate of drug-likeness (QED) is 0.403. The van der Waals surface area contributed by atoms with Gasteiger partial charge in [0.15, 0.2) is 10.8 Å². The average Bonchev–Trinajstić information content (AvgIpc) is 3.40. The lowest BCUT2D eigenvalue weighted by molar-refractivity contribution is -0.118. The van der Waals surface area contributed by atoms with Crippen molar-refractivity contribution < 1.29 is 18.4 Å². The largest absolute Gasteiger partial charge is 0.457 e. The Morgan fingerprint density at radius 1 is 1.00 bits per heavy atom. The Hall–Kier alpha value is -3.17. The molecule has 0 saturated carbocycles. The number of aromatic nitrogens is 1. The van der Waals surface area contributed by atoms with E-state index in [1.54, 1.807) is 11.3 Å². The molecule has 0 aliphatic carbocycles. The highest BCUT2D eigenvalue weighted by atomic mass is 32.2. The Balaban J connectivity index is 1.20. The second-order valence-electron chi connectivity index (χ2n) is 6.58. The summed E-state index contributed by atoms with van der Waals surface area (Å²) >= 11 is 2.75. The van der Waals surface area contributed by atoms with Gasteiger partial charge in [-0.25, -0.2) is 9.37 Å². The minimum Gasteiger partial charge on any atom is -0.457 e. The minimum atomic E-state index is -0.368. The lowest BCUT2D eigenvalue weighted by Crippen LogP contribution is -2.25. The molecule has 0 radical (unpaired) electrons. The molecule has 0 saturated heterocycles. The molecule has 9 heteroatoms. The summed E-state index contributed by atoms with van der Waals surface area (Å²) in [6.45, 7) is 0.256. The van der Waals surface area contributed by atoms with Crippen LogP contribution in [0, 0.1) is 5.82 Å². The number of halogens is 1. The molecule has 0 unspecified atom stereocenters. The second kappa shape index (κ2) is 9.76. The number of carbonyl (C=O) groups excluding carboxylic acids is 2. The van der Waals surface area contributed by atoms with E-state index < -0.39 is 0 Å². The molecule has 0 aliphatic rings. The normalized spacial score (nSPS) is 10.9. The summed E-state index contributed by atoms with van der Waals surface area (Å²) < 4.78 is 19.8. The number of carbonyl (C=O) groups is 2. The summed E-state index contributed by atoms with van der Waals surface area (Å²) in [6, 6.07) is 17.0. The van der Waals surface area contributed by atoms with E-state index in [1.165, 1.54) is 36.0 Å². The predicted molar refractivity (Wildman–Crippen MR) is 122 cm³/mol. The van der Waals surface area contributed by atoms with Crippen LogP contribution in [0.3, 0.4) is 0 Å². The highest BCUT2D eigenvalue weighted by Gasteiger charge is 2.11. The Morgan fingerprint density at radius 2 is 1.77 bits per heavy atom. The number of anilines is 1. The fraction of sp³-hybridized carbons (Fsp3) is 0.136. The van der Waals surface area contributed by atoms with Crippen molar-refractivity contribution in [3.63, 3.8) is 0 Å². The molecule has 2 aromatic heterocycles. The molecule has 2 heterocycles. The average molecular weight is 456 g/mol. The zero-order valence-electron chi connectivity index (χ0n) is 16.3. The van der Waals surface area contributed by atoms with E-state index in [9.17, 15) is 14.0 Å². The Labute approximate surface area is 185 Å². The Bertz CT molecular complexity index is 1170. The predicted octanol–water partition coefficient (Wildman–Crippen LogP) is 4.68. The fourth-order valence-corrected chi connectivity index (χ4v) is 4.34. The van der Waals surface area contributed by atoms with Gasteiger partial charge in [0.1, 0.15) is 11.6 Å². The summed E-state index contributed by atoms with van der Waals surface area (Å²) in [6.07, 6.45) is 0. The van der Waals surface area contributed by atoms with Gasteiger partial charge >= 0.3 is 0 Å². The van der Waals surface area contributed by atoms with Crippen LogP contribution in [-0.4, -0.2) is 28.3 Å². The molecule has 0 bridgehead atoms. The summed E-state index contributed by atoms with van der Waals surface area (Å²) in [5, 5.41) is 6.22. The van der Waals surface area contributed by atoms with Gasteiger partial charge in [0, 0.05) is 5.69 Å². The van der Waals surface area contributed by atoms with Crippen LogP contribution >= 0.6 is 23.1 Å². The van der Waals surface area contributed by atoms with Crippen molar-refractivity contribution in [1.29, 1.82) is 0 Å². The molecule has 0 fully saturated rings. The van der Waals surface area contributed by atoms with Crippen molar-refractivity contribution in [2.45, 2.75) is 6.54 Å². The number of nitrogens with one attached hydrogen (secondary N) is 2. The minimum absolute atomic E-state index is 0.118. The molecule has 0 spiro atoms. The number of rotatable bonds is 8. The molecule has 4 aromatic rings. The van der Waals surface area contributed by atoms with Crippen molar-refractivity contribution in [2.75, 3.05) is 16.8 Å². The van der Waals surface area contributed by atoms with Gasteiger partial charge in [-0.05, 0) is 48.5 Å². The van der Waals surface area contributed by atoms with Gasteiger partial charge in [-0.15, -0.1) is 23.1 Å². The number of fused-ring (bicyclic) bond motifs is 1. The van der Waals surface area contributed by atoms with Crippen LogP contribution in [0.25, 0.3) is 21.0 Å². The number of thiazole rings is 1. The maximum absolute atomic E-state index is 12.9. The van der Waals surface area contributed by atoms with Crippen LogP contribution < -0.4 is 10.6 Å². The fourth-order valence-electron chi connectivity index (χ4n) is 2.77. The lowest BCUT2D eigenvalue weighted by Gasteiger charge is -2.05. The van der Waals surface area contributed by atoms with Gasteiger partial charge in [0.2, 0.25) is 11.8 Å². The van der Waals surface area contributed by atoms with Gasteiger partial charge in [-0.2, -0.15) is 0 Å². The van der Waals surface area contributed by atoms with E-state index in [0.717, 1.165) is 15.2 Å². The van der Waals surface area contributed by atoms with Gasteiger partial charge in [0.05, 0.1) is 28.3 Å². The molecular formula is C22H18FN3O3S2. The first-order valence-corrected chi connectivity index (χ1v) is 11.4. The van der Waals surface area contributed by atoms with E-state index in [-0.39, 0.29) is 35.7 Å². The number of hydrogen-bond donors (Lipinski definition) is 2. The summed E-state index contributed by atoms with van der Waals surface area (Å²) in [4.78, 5) is 28.5. The maximum Gasteiger partial charge on any atom is 0.234 e. The zero-order valence-corrected chi connectivity index (χ0v) is 17.9. The van der Waals surface area contributed by atoms with Crippen LogP contribution in [0.4, 0.5) is 10.1 Å². The SMILES string of the molecule is O=C(CSCC(=O)Nc1ccc(F)cc1)NCc1ccc(-c2nc3ccccc3s2)o1. The van der Waals surface area contributed by atoms with E-state index >= 15 is 0 Å². The first kappa shape index (κ1) is 21.1. The second-order valence-corrected chi connectivity index (χ2v) is 8.59. The molecule has 6 nitrogen and oxygen atoms in total. The number of furan rings is 1. The van der Waals surface area contributed by atoms with Crippen molar-refractivity contribution >= 4 is 50.8 Å². The van der Waals surface area contributed by atoms with Gasteiger partial charge in [-0.3, -0.25) is 9.59 Å². The van der Waals surface area contributed by atoms with Crippen LogP contribution in [0.5, 0.6) is 0 Å². The Kier molecular flexibility index (Phi) is 6.63. The van der Waals surface area contributed by atoms with E-state index in [4.69, 9.17) is 4.42 Å². The van der Waals surface area contributed by atoms with E-state index in [1.807, 2.05) is 36.4 Å². The van der Waals surface area contributed by atoms with E-state index in [2.05, 4.69) is 15.6 Å². The number of nitrogens with zero attached hydrogens (tertiary/aromatic N) is 1. The third-order valence-electron chi connectivity index (χ3n) is 4.22. The summed E-state index contributed by atoms with van der Waals surface area (Å²) in [5.74, 6) is 0.732. The molecule has 4 rings (SSSR count). The van der Waals surface area contributed by atoms with E-state index in [0.29, 0.717) is 17.2 Å². The van der Waals surface area contributed by atoms with Crippen molar-refractivity contribution in [3.8, 4) is 10.8 Å². The zero-order chi connectivity index (χ0) is 21.6. The number of benzene rings is 2. The highest BCUT2D eigenvalue weighted by molar-refractivity contribution is 8.00. The highest BCUT2D eigenvalue weighted by Crippen LogP contribution is 2.31. The van der Waals surface area contributed by atoms with Gasteiger partial charge in [0.25, 0.3) is 0 Å². The van der Waals surface area contributed by atoms with Gasteiger partial charge < -0.3 is 15.1 Å². The van der Waals surface area contributed by atoms with Crippen molar-refractivity contribution in [2.24, 2.45) is 0 Å². The van der Waals surface area contributed by atoms with Crippen molar-refractivity contribution in [3.05, 3.63) is 72.2 Å². The standard InChI is InChI=1S/C22H18FN3O3S2/c23-14-5-7-15(8-6-14)25-21(28)13-30-12-20(27)24-11-16-9-10-18(29-16)22-26-17-3-1-2-4-19(17)31-22/h1-10H,11-13H2,(H,24,27)(H,25,28). The number of para-hydroxylation sites is 1. The monoisotopic (exact) mass is 455 g/mol. The lowest BCUT2D eigenvalue weighted by atomic mass is 10.3. The first-order chi connectivity index (χ1) is 15.1. The van der Waals surface area contributed by atoms with Crippen molar-refractivity contribution in [1.82, 2.24) is 10.3 Å². The molecule has 0 aliphatic heterocycles. The molecule has 2 N–H and O–H groups in total. The molecule has 0 atom stereocenters. The topological polar surface area (TPSA) is 84.2 Å². The third kappa shape index (κ3) is 5.71. The molecular weight excluding hydrogens is 437 g/mol. The molecule has 2 amide bonds. The number of hydrogen-bond acceptors (Lipinski definition) is 6. The van der Waals surface area contributed by atoms with Crippen LogP contribution in [0.2, 0.25) is 0 Å². The van der Waals surface area contributed by atoms with Crippen LogP contribution in [0.15, 0.2) is 65.1 Å². The maximum atomic E-state index is 12.9. The van der Waals surface area contributed by atoms with Crippen LogP contribution in [-0.2, 0) is 16.1 Å². The number of amides is 2. The summed E-state index contributed by atoms with van der Waals surface area (Å²) in [5.41, 5.74) is 1.44. The smallest absolute Gasteiger partial charge is 0.234 e. The van der Waals surface area contributed by atoms with Gasteiger partial charge in [-0.1, -0.05) is 12.1 Å².